The molecule has 0 aromatic heterocycles. The van der Waals surface area contributed by atoms with Gasteiger partial charge in [-0.1, -0.05) is 12.1 Å². The zero-order chi connectivity index (χ0) is 11.3. The van der Waals surface area contributed by atoms with Crippen molar-refractivity contribution in [2.45, 2.75) is 17.4 Å². The molecule has 1 atom stereocenters. The lowest BCUT2D eigenvalue weighted by atomic mass is 10.1. The molecule has 2 N–H and O–H groups in total. The highest BCUT2D eigenvalue weighted by atomic mass is 35.5. The third-order valence-corrected chi connectivity index (χ3v) is 2.90. The Morgan fingerprint density at radius 2 is 2.00 bits per heavy atom. The largest absolute Gasteiger partial charge is 0.469 e. The molecule has 16 heavy (non-hydrogen) atoms. The number of hydrogen-bond donors (Lipinski definition) is 1. The van der Waals surface area contributed by atoms with E-state index in [0.717, 1.165) is 5.56 Å². The van der Waals surface area contributed by atoms with E-state index >= 15 is 0 Å². The molecular weight excluding hydrogens is 246 g/mol. The van der Waals surface area contributed by atoms with E-state index in [1.165, 1.54) is 12.0 Å². The maximum atomic E-state index is 11.0. The van der Waals surface area contributed by atoms with Crippen molar-refractivity contribution >= 4 is 30.1 Å². The van der Waals surface area contributed by atoms with Gasteiger partial charge in [0.2, 0.25) is 0 Å². The molecule has 0 aliphatic heterocycles. The van der Waals surface area contributed by atoms with E-state index in [1.54, 1.807) is 11.8 Å². The number of benzene rings is 1. The van der Waals surface area contributed by atoms with Crippen LogP contribution in [0.3, 0.4) is 0 Å². The highest BCUT2D eigenvalue weighted by molar-refractivity contribution is 7.98. The molecule has 0 amide bonds. The SMILES string of the molecule is COC(=O)CC(N)c1ccc(SC)cc1.Cl. The molecule has 0 radical (unpaired) electrons. The minimum atomic E-state index is -0.284. The van der Waals surface area contributed by atoms with Gasteiger partial charge in [-0.3, -0.25) is 4.79 Å². The summed E-state index contributed by atoms with van der Waals surface area (Å²) in [6, 6.07) is 7.60. The fourth-order valence-electron chi connectivity index (χ4n) is 1.23. The monoisotopic (exact) mass is 261 g/mol. The second-order valence-corrected chi connectivity index (χ2v) is 4.04. The second-order valence-electron chi connectivity index (χ2n) is 3.16. The predicted molar refractivity (Wildman–Crippen MR) is 69.0 cm³/mol. The molecule has 0 saturated carbocycles. The summed E-state index contributed by atoms with van der Waals surface area (Å²) in [6.07, 6.45) is 2.23. The quantitative estimate of drug-likeness (QED) is 0.668. The van der Waals surface area contributed by atoms with Crippen molar-refractivity contribution in [3.63, 3.8) is 0 Å². The minimum absolute atomic E-state index is 0. The van der Waals surface area contributed by atoms with E-state index in [9.17, 15) is 4.79 Å². The van der Waals surface area contributed by atoms with Gasteiger partial charge in [-0.2, -0.15) is 0 Å². The fourth-order valence-corrected chi connectivity index (χ4v) is 1.64. The Hall–Kier alpha value is -0.710. The van der Waals surface area contributed by atoms with Crippen LogP contribution in [-0.2, 0) is 9.53 Å². The van der Waals surface area contributed by atoms with Crippen LogP contribution in [-0.4, -0.2) is 19.3 Å². The maximum absolute atomic E-state index is 11.0. The average molecular weight is 262 g/mol. The average Bonchev–Trinajstić information content (AvgIpc) is 2.29. The van der Waals surface area contributed by atoms with Crippen molar-refractivity contribution < 1.29 is 9.53 Å². The summed E-state index contributed by atoms with van der Waals surface area (Å²) in [6.45, 7) is 0. The van der Waals surface area contributed by atoms with E-state index < -0.39 is 0 Å². The third-order valence-electron chi connectivity index (χ3n) is 2.16. The van der Waals surface area contributed by atoms with Crippen LogP contribution >= 0.6 is 24.2 Å². The molecule has 0 fully saturated rings. The van der Waals surface area contributed by atoms with Crippen molar-refractivity contribution in [1.29, 1.82) is 0 Å². The van der Waals surface area contributed by atoms with Gasteiger partial charge >= 0.3 is 5.97 Å². The molecule has 5 heteroatoms. The van der Waals surface area contributed by atoms with Crippen LogP contribution in [0.2, 0.25) is 0 Å². The molecule has 0 aliphatic carbocycles. The van der Waals surface area contributed by atoms with E-state index in [0.29, 0.717) is 0 Å². The van der Waals surface area contributed by atoms with E-state index in [-0.39, 0.29) is 30.8 Å². The first-order valence-electron chi connectivity index (χ1n) is 4.63. The molecule has 0 saturated heterocycles. The number of hydrogen-bond acceptors (Lipinski definition) is 4. The summed E-state index contributed by atoms with van der Waals surface area (Å²) in [5.41, 5.74) is 6.81. The topological polar surface area (TPSA) is 52.3 Å². The van der Waals surface area contributed by atoms with Crippen LogP contribution in [0.4, 0.5) is 0 Å². The number of halogens is 1. The van der Waals surface area contributed by atoms with Gasteiger partial charge in [0, 0.05) is 10.9 Å². The number of nitrogens with two attached hydrogens (primary N) is 1. The van der Waals surface area contributed by atoms with Crippen LogP contribution in [0.25, 0.3) is 0 Å². The highest BCUT2D eigenvalue weighted by Crippen LogP contribution is 2.19. The van der Waals surface area contributed by atoms with Crippen LogP contribution in [0.15, 0.2) is 29.2 Å². The number of esters is 1. The predicted octanol–water partition coefficient (Wildman–Crippen LogP) is 2.39. The Bertz CT molecular complexity index is 329. The standard InChI is InChI=1S/C11H15NO2S.ClH/c1-14-11(13)7-10(12)8-3-5-9(15-2)6-4-8;/h3-6,10H,7,12H2,1-2H3;1H. The zero-order valence-electron chi connectivity index (χ0n) is 9.30. The lowest BCUT2D eigenvalue weighted by Crippen LogP contribution is -2.16. The van der Waals surface area contributed by atoms with Gasteiger partial charge in [0.05, 0.1) is 13.5 Å². The first-order valence-corrected chi connectivity index (χ1v) is 5.86. The highest BCUT2D eigenvalue weighted by Gasteiger charge is 2.11. The third kappa shape index (κ3) is 4.43. The molecule has 1 aromatic carbocycles. The lowest BCUT2D eigenvalue weighted by molar-refractivity contribution is -0.141. The number of rotatable bonds is 4. The van der Waals surface area contributed by atoms with Gasteiger partial charge in [0.1, 0.15) is 0 Å². The van der Waals surface area contributed by atoms with E-state index in [1.807, 2.05) is 30.5 Å². The molecule has 0 spiro atoms. The van der Waals surface area contributed by atoms with Crippen LogP contribution < -0.4 is 5.73 Å². The zero-order valence-corrected chi connectivity index (χ0v) is 10.9. The number of carbonyl (C=O) groups is 1. The maximum Gasteiger partial charge on any atom is 0.307 e. The summed E-state index contributed by atoms with van der Waals surface area (Å²) in [4.78, 5) is 12.2. The van der Waals surface area contributed by atoms with Crippen molar-refractivity contribution in [3.05, 3.63) is 29.8 Å². The van der Waals surface area contributed by atoms with Crippen LogP contribution in [0.1, 0.15) is 18.0 Å². The molecular formula is C11H16ClNO2S. The van der Waals surface area contributed by atoms with Crippen molar-refractivity contribution in [2.24, 2.45) is 5.73 Å². The van der Waals surface area contributed by atoms with Crippen molar-refractivity contribution in [3.8, 4) is 0 Å². The summed E-state index contributed by atoms with van der Waals surface area (Å²) in [7, 11) is 1.37. The molecule has 1 rings (SSSR count). The molecule has 1 aromatic rings. The fraction of sp³-hybridized carbons (Fsp3) is 0.364. The Morgan fingerprint density at radius 3 is 2.44 bits per heavy atom. The molecule has 90 valence electrons. The van der Waals surface area contributed by atoms with Gasteiger partial charge in [0.25, 0.3) is 0 Å². The molecule has 0 aliphatic rings. The number of methoxy groups -OCH3 is 1. The molecule has 0 heterocycles. The first kappa shape index (κ1) is 15.3. The molecule has 3 nitrogen and oxygen atoms in total. The van der Waals surface area contributed by atoms with Gasteiger partial charge < -0.3 is 10.5 Å². The lowest BCUT2D eigenvalue weighted by Gasteiger charge is -2.10. The summed E-state index contributed by atoms with van der Waals surface area (Å²) in [5, 5.41) is 0. The Labute approximate surface area is 106 Å². The number of thioether (sulfide) groups is 1. The summed E-state index contributed by atoms with van der Waals surface area (Å²) >= 11 is 1.68. The summed E-state index contributed by atoms with van der Waals surface area (Å²) < 4.78 is 4.56. The Morgan fingerprint density at radius 1 is 1.44 bits per heavy atom. The van der Waals surface area contributed by atoms with Crippen molar-refractivity contribution in [2.75, 3.05) is 13.4 Å². The Balaban J connectivity index is 0.00000225. The van der Waals surface area contributed by atoms with Gasteiger partial charge in [-0.15, -0.1) is 24.2 Å². The molecule has 1 unspecified atom stereocenters. The minimum Gasteiger partial charge on any atom is -0.469 e. The number of carbonyl (C=O) groups excluding carboxylic acids is 1. The number of ether oxygens (including phenoxy) is 1. The smallest absolute Gasteiger partial charge is 0.307 e. The van der Waals surface area contributed by atoms with Gasteiger partial charge in [-0.25, -0.2) is 0 Å². The van der Waals surface area contributed by atoms with Gasteiger partial charge in [-0.05, 0) is 24.0 Å². The van der Waals surface area contributed by atoms with Gasteiger partial charge in [0.15, 0.2) is 0 Å². The van der Waals surface area contributed by atoms with Crippen LogP contribution in [0.5, 0.6) is 0 Å². The summed E-state index contributed by atoms with van der Waals surface area (Å²) in [5.74, 6) is -0.281. The van der Waals surface area contributed by atoms with E-state index in [2.05, 4.69) is 4.74 Å². The first-order chi connectivity index (χ1) is 7.17. The second kappa shape index (κ2) is 7.54. The van der Waals surface area contributed by atoms with E-state index in [4.69, 9.17) is 5.73 Å². The Kier molecular flexibility index (Phi) is 7.21. The van der Waals surface area contributed by atoms with Crippen LogP contribution in [0, 0.1) is 0 Å². The normalized spacial score (nSPS) is 11.4. The van der Waals surface area contributed by atoms with Crippen molar-refractivity contribution in [1.82, 2.24) is 0 Å². The molecule has 0 bridgehead atoms.